The van der Waals surface area contributed by atoms with Gasteiger partial charge in [0.1, 0.15) is 0 Å². The lowest BCUT2D eigenvalue weighted by Crippen LogP contribution is -2.58. The Hall–Kier alpha value is -1.43. The van der Waals surface area contributed by atoms with E-state index in [1.54, 1.807) is 12.1 Å². The summed E-state index contributed by atoms with van der Waals surface area (Å²) in [6, 6.07) is 6.77. The zero-order valence-corrected chi connectivity index (χ0v) is 16.2. The molecule has 2 saturated heterocycles. The average molecular weight is 419 g/mol. The van der Waals surface area contributed by atoms with E-state index in [1.165, 1.54) is 4.31 Å². The lowest BCUT2D eigenvalue weighted by atomic mass is 10.0. The van der Waals surface area contributed by atoms with Crippen LogP contribution in [0.15, 0.2) is 24.3 Å². The van der Waals surface area contributed by atoms with Gasteiger partial charge < -0.3 is 20.5 Å². The van der Waals surface area contributed by atoms with Crippen molar-refractivity contribution in [3.05, 3.63) is 29.3 Å². The fraction of sp³-hybridized carbons (Fsp3) is 0.562. The van der Waals surface area contributed by atoms with E-state index in [9.17, 15) is 18.3 Å². The predicted octanol–water partition coefficient (Wildman–Crippen LogP) is -0.351. The van der Waals surface area contributed by atoms with Gasteiger partial charge in [0.05, 0.1) is 6.61 Å². The molecule has 1 aromatic carbocycles. The quantitative estimate of drug-likeness (QED) is 0.600. The van der Waals surface area contributed by atoms with Crippen molar-refractivity contribution >= 4 is 33.4 Å². The van der Waals surface area contributed by atoms with E-state index < -0.39 is 27.9 Å². The summed E-state index contributed by atoms with van der Waals surface area (Å²) >= 11 is 5.90. The maximum Gasteiger partial charge on any atom is 0.279 e. The normalized spacial score (nSPS) is 27.5. The number of nitrogens with two attached hydrogens (primary N) is 1. The Morgan fingerprint density at radius 1 is 1.26 bits per heavy atom. The molecule has 2 aliphatic heterocycles. The topological polar surface area (TPSA) is 125 Å². The molecule has 0 radical (unpaired) electrons. The number of hydrogen-bond acceptors (Lipinski definition) is 6. The standard InChI is InChI=1S/C16H23ClN4O5S/c17-12-1-3-14(4-2-12)20-6-8-21(9-7-20)27(24,25)19-13-5-10-26-16(23,11-13)15(18)22/h1-4,13,19,23H,5-11H2,(H2,18,22). The van der Waals surface area contributed by atoms with Crippen molar-refractivity contribution in [1.29, 1.82) is 0 Å². The summed E-state index contributed by atoms with van der Waals surface area (Å²) in [6.45, 7) is 1.77. The van der Waals surface area contributed by atoms with Crippen molar-refractivity contribution in [3.63, 3.8) is 0 Å². The van der Waals surface area contributed by atoms with Gasteiger partial charge in [-0.25, -0.2) is 0 Å². The van der Waals surface area contributed by atoms with Crippen LogP contribution in [0.2, 0.25) is 5.02 Å². The lowest BCUT2D eigenvalue weighted by molar-refractivity contribution is -0.221. The molecule has 2 aliphatic rings. The third-order valence-corrected chi connectivity index (χ3v) is 6.73. The van der Waals surface area contributed by atoms with E-state index in [1.807, 2.05) is 12.1 Å². The number of nitrogens with one attached hydrogen (secondary N) is 1. The molecular weight excluding hydrogens is 396 g/mol. The molecule has 3 rings (SSSR count). The molecule has 0 aromatic heterocycles. The average Bonchev–Trinajstić information content (AvgIpc) is 2.62. The van der Waals surface area contributed by atoms with Gasteiger partial charge >= 0.3 is 0 Å². The molecule has 0 saturated carbocycles. The summed E-state index contributed by atoms with van der Waals surface area (Å²) < 4.78 is 34.2. The first-order chi connectivity index (χ1) is 12.7. The molecule has 27 heavy (non-hydrogen) atoms. The van der Waals surface area contributed by atoms with Crippen LogP contribution in [0.4, 0.5) is 5.69 Å². The van der Waals surface area contributed by atoms with Gasteiger partial charge in [0, 0.05) is 49.4 Å². The molecule has 150 valence electrons. The van der Waals surface area contributed by atoms with Gasteiger partial charge in [0.25, 0.3) is 16.1 Å². The number of nitrogens with zero attached hydrogens (tertiary/aromatic N) is 2. The Morgan fingerprint density at radius 2 is 1.89 bits per heavy atom. The minimum atomic E-state index is -3.75. The summed E-state index contributed by atoms with van der Waals surface area (Å²) in [4.78, 5) is 13.4. The molecule has 2 fully saturated rings. The Morgan fingerprint density at radius 3 is 2.48 bits per heavy atom. The first-order valence-corrected chi connectivity index (χ1v) is 10.5. The number of carbonyl (C=O) groups is 1. The number of benzene rings is 1. The minimum absolute atomic E-state index is 0.0387. The fourth-order valence-electron chi connectivity index (χ4n) is 3.26. The van der Waals surface area contributed by atoms with Crippen LogP contribution in [0.1, 0.15) is 12.8 Å². The number of hydrogen-bond donors (Lipinski definition) is 3. The summed E-state index contributed by atoms with van der Waals surface area (Å²) in [5.74, 6) is -3.17. The number of anilines is 1. The number of piperazine rings is 1. The highest BCUT2D eigenvalue weighted by Gasteiger charge is 2.42. The van der Waals surface area contributed by atoms with Gasteiger partial charge in [-0.2, -0.15) is 17.4 Å². The number of carbonyl (C=O) groups excluding carboxylic acids is 1. The van der Waals surface area contributed by atoms with E-state index in [4.69, 9.17) is 22.1 Å². The smallest absolute Gasteiger partial charge is 0.279 e. The molecule has 2 heterocycles. The van der Waals surface area contributed by atoms with E-state index in [-0.39, 0.29) is 13.0 Å². The number of amides is 1. The first kappa shape index (κ1) is 20.3. The molecule has 0 spiro atoms. The molecule has 0 bridgehead atoms. The Bertz CT molecular complexity index is 783. The Kier molecular flexibility index (Phi) is 5.94. The molecular formula is C16H23ClN4O5S. The van der Waals surface area contributed by atoms with Crippen LogP contribution in [-0.4, -0.2) is 68.4 Å². The largest absolute Gasteiger partial charge is 0.369 e. The number of rotatable bonds is 5. The van der Waals surface area contributed by atoms with Crippen molar-refractivity contribution in [2.45, 2.75) is 24.7 Å². The van der Waals surface area contributed by atoms with Crippen LogP contribution in [0.5, 0.6) is 0 Å². The Balaban J connectivity index is 1.58. The lowest BCUT2D eigenvalue weighted by Gasteiger charge is -2.38. The number of halogens is 1. The maximum atomic E-state index is 12.7. The van der Waals surface area contributed by atoms with E-state index in [0.29, 0.717) is 37.6 Å². The fourth-order valence-corrected chi connectivity index (χ4v) is 4.80. The molecule has 0 aliphatic carbocycles. The first-order valence-electron chi connectivity index (χ1n) is 8.64. The summed E-state index contributed by atoms with van der Waals surface area (Å²) in [5, 5.41) is 10.7. The van der Waals surface area contributed by atoms with Gasteiger partial charge in [-0.3, -0.25) is 4.79 Å². The van der Waals surface area contributed by atoms with Crippen molar-refractivity contribution in [2.75, 3.05) is 37.7 Å². The zero-order valence-electron chi connectivity index (χ0n) is 14.7. The van der Waals surface area contributed by atoms with Crippen molar-refractivity contribution in [2.24, 2.45) is 5.73 Å². The van der Waals surface area contributed by atoms with Gasteiger partial charge in [0.15, 0.2) is 0 Å². The Labute approximate surface area is 163 Å². The van der Waals surface area contributed by atoms with Crippen LogP contribution in [-0.2, 0) is 19.7 Å². The van der Waals surface area contributed by atoms with Gasteiger partial charge in [-0.15, -0.1) is 0 Å². The van der Waals surface area contributed by atoms with Gasteiger partial charge in [-0.05, 0) is 30.7 Å². The van der Waals surface area contributed by atoms with Crippen LogP contribution < -0.4 is 15.4 Å². The summed E-state index contributed by atoms with van der Waals surface area (Å²) in [6.07, 6.45) is 0.131. The zero-order chi connectivity index (χ0) is 19.7. The number of ether oxygens (including phenoxy) is 1. The maximum absolute atomic E-state index is 12.7. The summed E-state index contributed by atoms with van der Waals surface area (Å²) in [7, 11) is -3.75. The summed E-state index contributed by atoms with van der Waals surface area (Å²) in [5.41, 5.74) is 6.12. The second-order valence-corrected chi connectivity index (χ2v) is 8.81. The molecule has 4 N–H and O–H groups in total. The van der Waals surface area contributed by atoms with Crippen LogP contribution >= 0.6 is 11.6 Å². The molecule has 1 aromatic rings. The van der Waals surface area contributed by atoms with Gasteiger partial charge in [0.2, 0.25) is 5.79 Å². The van der Waals surface area contributed by atoms with Crippen LogP contribution in [0.3, 0.4) is 0 Å². The third kappa shape index (κ3) is 4.71. The van der Waals surface area contributed by atoms with Crippen LogP contribution in [0.25, 0.3) is 0 Å². The van der Waals surface area contributed by atoms with Crippen LogP contribution in [0, 0.1) is 0 Å². The second-order valence-electron chi connectivity index (χ2n) is 6.67. The van der Waals surface area contributed by atoms with E-state index in [0.717, 1.165) is 5.69 Å². The molecule has 2 atom stereocenters. The number of aliphatic hydroxyl groups is 1. The van der Waals surface area contributed by atoms with Crippen molar-refractivity contribution < 1.29 is 23.1 Å². The molecule has 11 heteroatoms. The SMILES string of the molecule is NC(=O)C1(O)CC(NS(=O)(=O)N2CCN(c3ccc(Cl)cc3)CC2)CCO1. The molecule has 2 unspecified atom stereocenters. The van der Waals surface area contributed by atoms with Crippen molar-refractivity contribution in [1.82, 2.24) is 9.03 Å². The third-order valence-electron chi connectivity index (χ3n) is 4.80. The van der Waals surface area contributed by atoms with E-state index >= 15 is 0 Å². The highest BCUT2D eigenvalue weighted by atomic mass is 35.5. The molecule has 9 nitrogen and oxygen atoms in total. The van der Waals surface area contributed by atoms with Crippen molar-refractivity contribution in [3.8, 4) is 0 Å². The monoisotopic (exact) mass is 418 g/mol. The van der Waals surface area contributed by atoms with E-state index in [2.05, 4.69) is 9.62 Å². The molecule has 1 amide bonds. The predicted molar refractivity (Wildman–Crippen MR) is 100 cm³/mol. The minimum Gasteiger partial charge on any atom is -0.369 e. The second kappa shape index (κ2) is 7.90. The highest BCUT2D eigenvalue weighted by Crippen LogP contribution is 2.24. The van der Waals surface area contributed by atoms with Gasteiger partial charge in [-0.1, -0.05) is 11.6 Å². The number of primary amides is 1. The highest BCUT2D eigenvalue weighted by molar-refractivity contribution is 7.87.